The van der Waals surface area contributed by atoms with Crippen LogP contribution in [0.4, 0.5) is 0 Å². The summed E-state index contributed by atoms with van der Waals surface area (Å²) in [5.41, 5.74) is 1.76. The van der Waals surface area contributed by atoms with E-state index in [1.165, 1.54) is 11.3 Å². The van der Waals surface area contributed by atoms with Crippen LogP contribution in [0.2, 0.25) is 10.0 Å². The van der Waals surface area contributed by atoms with Gasteiger partial charge in [-0.1, -0.05) is 34.5 Å². The minimum atomic E-state index is 0.545. The Bertz CT molecular complexity index is 944. The molecule has 22 heavy (non-hydrogen) atoms. The van der Waals surface area contributed by atoms with Crippen molar-refractivity contribution in [2.75, 3.05) is 0 Å². The highest BCUT2D eigenvalue weighted by molar-refractivity contribution is 7.19. The molecule has 108 valence electrons. The summed E-state index contributed by atoms with van der Waals surface area (Å²) in [7, 11) is 0. The third-order valence-corrected chi connectivity index (χ3v) is 4.42. The maximum atomic E-state index is 6.05. The first kappa shape index (κ1) is 13.6. The SMILES string of the molecule is Clc1cc(Cl)cc(-c2nnc3sc(-c4ccncc4)nn23)c1. The second-order valence-electron chi connectivity index (χ2n) is 4.52. The van der Waals surface area contributed by atoms with Gasteiger partial charge >= 0.3 is 0 Å². The molecule has 0 N–H and O–H groups in total. The third-order valence-electron chi connectivity index (χ3n) is 3.04. The van der Waals surface area contributed by atoms with E-state index in [9.17, 15) is 0 Å². The second kappa shape index (κ2) is 5.31. The van der Waals surface area contributed by atoms with E-state index < -0.39 is 0 Å². The molecule has 0 aliphatic carbocycles. The summed E-state index contributed by atoms with van der Waals surface area (Å²) in [6.45, 7) is 0. The Labute approximate surface area is 139 Å². The Morgan fingerprint density at radius 3 is 2.36 bits per heavy atom. The number of aromatic nitrogens is 5. The van der Waals surface area contributed by atoms with Crippen molar-refractivity contribution in [1.82, 2.24) is 24.8 Å². The van der Waals surface area contributed by atoms with Gasteiger partial charge in [0.05, 0.1) is 0 Å². The van der Waals surface area contributed by atoms with Gasteiger partial charge in [-0.25, -0.2) is 0 Å². The zero-order valence-corrected chi connectivity index (χ0v) is 13.3. The third kappa shape index (κ3) is 2.35. The number of halogens is 2. The number of rotatable bonds is 2. The number of pyridine rings is 1. The minimum Gasteiger partial charge on any atom is -0.265 e. The van der Waals surface area contributed by atoms with Crippen LogP contribution in [-0.4, -0.2) is 24.8 Å². The van der Waals surface area contributed by atoms with Crippen molar-refractivity contribution >= 4 is 39.5 Å². The highest BCUT2D eigenvalue weighted by atomic mass is 35.5. The van der Waals surface area contributed by atoms with E-state index in [0.29, 0.717) is 20.8 Å². The molecule has 8 heteroatoms. The van der Waals surface area contributed by atoms with Gasteiger partial charge in [0, 0.05) is 33.6 Å². The van der Waals surface area contributed by atoms with Crippen LogP contribution >= 0.6 is 34.5 Å². The summed E-state index contributed by atoms with van der Waals surface area (Å²) in [6.07, 6.45) is 3.46. The van der Waals surface area contributed by atoms with Crippen LogP contribution in [0.5, 0.6) is 0 Å². The van der Waals surface area contributed by atoms with E-state index in [2.05, 4.69) is 20.3 Å². The van der Waals surface area contributed by atoms with Crippen LogP contribution in [0.15, 0.2) is 42.7 Å². The Balaban J connectivity index is 1.88. The predicted octanol–water partition coefficient (Wildman–Crippen LogP) is 4.22. The average molecular weight is 348 g/mol. The summed E-state index contributed by atoms with van der Waals surface area (Å²) in [5, 5.41) is 14.9. The van der Waals surface area contributed by atoms with Crippen molar-refractivity contribution in [3.8, 4) is 22.0 Å². The van der Waals surface area contributed by atoms with Gasteiger partial charge in [-0.3, -0.25) is 4.98 Å². The van der Waals surface area contributed by atoms with E-state index in [-0.39, 0.29) is 0 Å². The highest BCUT2D eigenvalue weighted by Gasteiger charge is 2.15. The van der Waals surface area contributed by atoms with E-state index in [0.717, 1.165) is 16.1 Å². The van der Waals surface area contributed by atoms with Crippen molar-refractivity contribution in [2.24, 2.45) is 0 Å². The number of benzene rings is 1. The minimum absolute atomic E-state index is 0.545. The predicted molar refractivity (Wildman–Crippen MR) is 87.3 cm³/mol. The summed E-state index contributed by atoms with van der Waals surface area (Å²) >= 11 is 13.6. The molecule has 0 amide bonds. The molecular weight excluding hydrogens is 341 g/mol. The number of fused-ring (bicyclic) bond motifs is 1. The average Bonchev–Trinajstić information content (AvgIpc) is 3.07. The van der Waals surface area contributed by atoms with Crippen LogP contribution in [0, 0.1) is 0 Å². The summed E-state index contributed by atoms with van der Waals surface area (Å²) < 4.78 is 1.70. The van der Waals surface area contributed by atoms with Crippen molar-refractivity contribution < 1.29 is 0 Å². The lowest BCUT2D eigenvalue weighted by atomic mass is 10.2. The molecule has 0 fully saturated rings. The van der Waals surface area contributed by atoms with Crippen LogP contribution < -0.4 is 0 Å². The summed E-state index contributed by atoms with van der Waals surface area (Å²) in [5.74, 6) is 0.607. The molecule has 4 rings (SSSR count). The molecule has 0 saturated carbocycles. The maximum Gasteiger partial charge on any atom is 0.235 e. The molecule has 4 aromatic rings. The molecule has 0 unspecified atom stereocenters. The fourth-order valence-corrected chi connectivity index (χ4v) is 3.46. The van der Waals surface area contributed by atoms with Gasteiger partial charge in [0.25, 0.3) is 0 Å². The molecular formula is C14H7Cl2N5S. The molecule has 0 aliphatic heterocycles. The van der Waals surface area contributed by atoms with Crippen LogP contribution in [0.1, 0.15) is 0 Å². The molecule has 1 aromatic carbocycles. The van der Waals surface area contributed by atoms with Gasteiger partial charge in [-0.15, -0.1) is 10.2 Å². The molecule has 3 aromatic heterocycles. The number of hydrogen-bond acceptors (Lipinski definition) is 5. The van der Waals surface area contributed by atoms with Crippen molar-refractivity contribution in [2.45, 2.75) is 0 Å². The van der Waals surface area contributed by atoms with Gasteiger partial charge in [0.2, 0.25) is 4.96 Å². The molecule has 0 spiro atoms. The highest BCUT2D eigenvalue weighted by Crippen LogP contribution is 2.30. The van der Waals surface area contributed by atoms with Gasteiger partial charge in [-0.05, 0) is 30.3 Å². The Hall–Kier alpha value is -2.02. The molecule has 0 atom stereocenters. The Morgan fingerprint density at radius 2 is 1.64 bits per heavy atom. The Kier molecular flexibility index (Phi) is 3.29. The second-order valence-corrected chi connectivity index (χ2v) is 6.35. The van der Waals surface area contributed by atoms with Crippen molar-refractivity contribution in [1.29, 1.82) is 0 Å². The fourth-order valence-electron chi connectivity index (χ4n) is 2.09. The van der Waals surface area contributed by atoms with Gasteiger partial charge in [0.1, 0.15) is 5.01 Å². The summed E-state index contributed by atoms with van der Waals surface area (Å²) in [4.78, 5) is 4.72. The zero-order valence-electron chi connectivity index (χ0n) is 10.9. The quantitative estimate of drug-likeness (QED) is 0.544. The van der Waals surface area contributed by atoms with Crippen LogP contribution in [0.3, 0.4) is 0 Å². The maximum absolute atomic E-state index is 6.05. The molecule has 0 radical (unpaired) electrons. The lowest BCUT2D eigenvalue weighted by Gasteiger charge is -1.99. The standard InChI is InChI=1S/C14H7Cl2N5S/c15-10-5-9(6-11(16)7-10)12-18-19-14-21(12)20-13(22-14)8-1-3-17-4-2-8/h1-7H. The van der Waals surface area contributed by atoms with E-state index in [4.69, 9.17) is 23.2 Å². The first-order chi connectivity index (χ1) is 10.7. The molecule has 0 bridgehead atoms. The van der Waals surface area contributed by atoms with Crippen molar-refractivity contribution in [3.63, 3.8) is 0 Å². The van der Waals surface area contributed by atoms with Gasteiger partial charge in [-0.2, -0.15) is 9.61 Å². The molecule has 3 heterocycles. The lowest BCUT2D eigenvalue weighted by Crippen LogP contribution is -1.91. The zero-order chi connectivity index (χ0) is 15.1. The monoisotopic (exact) mass is 347 g/mol. The number of nitrogens with zero attached hydrogens (tertiary/aromatic N) is 5. The van der Waals surface area contributed by atoms with Crippen LogP contribution in [-0.2, 0) is 0 Å². The first-order valence-electron chi connectivity index (χ1n) is 6.30. The normalized spacial score (nSPS) is 11.2. The Morgan fingerprint density at radius 1 is 0.909 bits per heavy atom. The van der Waals surface area contributed by atoms with E-state index in [1.54, 1.807) is 35.1 Å². The van der Waals surface area contributed by atoms with E-state index >= 15 is 0 Å². The smallest absolute Gasteiger partial charge is 0.235 e. The first-order valence-corrected chi connectivity index (χ1v) is 7.87. The van der Waals surface area contributed by atoms with Gasteiger partial charge in [0.15, 0.2) is 5.82 Å². The number of hydrogen-bond donors (Lipinski definition) is 0. The topological polar surface area (TPSA) is 56.0 Å². The van der Waals surface area contributed by atoms with Gasteiger partial charge < -0.3 is 0 Å². The van der Waals surface area contributed by atoms with E-state index in [1.807, 2.05) is 12.1 Å². The van der Waals surface area contributed by atoms with Crippen molar-refractivity contribution in [3.05, 3.63) is 52.8 Å². The molecule has 0 saturated heterocycles. The molecule has 5 nitrogen and oxygen atoms in total. The molecule has 0 aliphatic rings. The fraction of sp³-hybridized carbons (Fsp3) is 0. The largest absolute Gasteiger partial charge is 0.265 e. The van der Waals surface area contributed by atoms with Crippen LogP contribution in [0.25, 0.3) is 26.9 Å². The lowest BCUT2D eigenvalue weighted by molar-refractivity contribution is 0.970. The summed E-state index contributed by atoms with van der Waals surface area (Å²) in [6, 6.07) is 9.06.